The van der Waals surface area contributed by atoms with Crippen molar-refractivity contribution in [2.75, 3.05) is 23.3 Å². The molecule has 0 aliphatic carbocycles. The minimum absolute atomic E-state index is 0.506. The van der Waals surface area contributed by atoms with Crippen LogP contribution in [0.4, 0.5) is 11.4 Å². The maximum atomic E-state index is 5.82. The van der Waals surface area contributed by atoms with Crippen LogP contribution in [-0.4, -0.2) is 23.3 Å². The van der Waals surface area contributed by atoms with E-state index in [1.165, 1.54) is 22.7 Å². The summed E-state index contributed by atoms with van der Waals surface area (Å²) in [6, 6.07) is 8.36. The summed E-state index contributed by atoms with van der Waals surface area (Å²) in [4.78, 5) is 2.33. The standard InChI is InChI=1S/C12H13ClN4S/c13-12-16-15-11(18-12)8-17-7-3-6-14-9-4-1-2-5-10(9)17/h1-2,4-5,14H,3,6-8H2. The van der Waals surface area contributed by atoms with Crippen molar-refractivity contribution in [3.63, 3.8) is 0 Å². The van der Waals surface area contributed by atoms with Crippen LogP contribution in [0, 0.1) is 0 Å². The molecule has 94 valence electrons. The van der Waals surface area contributed by atoms with Gasteiger partial charge < -0.3 is 10.2 Å². The van der Waals surface area contributed by atoms with Crippen LogP contribution in [0.15, 0.2) is 24.3 Å². The van der Waals surface area contributed by atoms with E-state index in [9.17, 15) is 0 Å². The van der Waals surface area contributed by atoms with Crippen LogP contribution in [0.1, 0.15) is 11.4 Å². The lowest BCUT2D eigenvalue weighted by molar-refractivity contribution is 0.754. The maximum Gasteiger partial charge on any atom is 0.207 e. The summed E-state index contributed by atoms with van der Waals surface area (Å²) in [5.41, 5.74) is 2.41. The first-order valence-corrected chi connectivity index (χ1v) is 7.08. The van der Waals surface area contributed by atoms with E-state index < -0.39 is 0 Å². The summed E-state index contributed by atoms with van der Waals surface area (Å²) >= 11 is 7.27. The molecule has 0 spiro atoms. The van der Waals surface area contributed by atoms with Crippen molar-refractivity contribution in [3.8, 4) is 0 Å². The summed E-state index contributed by atoms with van der Waals surface area (Å²) in [6.45, 7) is 2.79. The Morgan fingerprint density at radius 3 is 3.06 bits per heavy atom. The number of anilines is 2. The molecule has 0 fully saturated rings. The zero-order valence-electron chi connectivity index (χ0n) is 9.77. The molecule has 1 aliphatic heterocycles. The predicted octanol–water partition coefficient (Wildman–Crippen LogP) is 3.01. The molecule has 0 amide bonds. The molecule has 4 nitrogen and oxygen atoms in total. The van der Waals surface area contributed by atoms with Crippen LogP contribution < -0.4 is 10.2 Å². The molecule has 0 unspecified atom stereocenters. The van der Waals surface area contributed by atoms with E-state index in [4.69, 9.17) is 11.6 Å². The first kappa shape index (κ1) is 11.7. The molecule has 2 aromatic rings. The predicted molar refractivity (Wildman–Crippen MR) is 75.5 cm³/mol. The average Bonchev–Trinajstić information content (AvgIpc) is 2.68. The molecule has 1 aromatic carbocycles. The van der Waals surface area contributed by atoms with E-state index >= 15 is 0 Å². The van der Waals surface area contributed by atoms with E-state index in [0.29, 0.717) is 4.47 Å². The van der Waals surface area contributed by atoms with E-state index in [2.05, 4.69) is 44.7 Å². The van der Waals surface area contributed by atoms with Gasteiger partial charge >= 0.3 is 0 Å². The third-order valence-corrected chi connectivity index (χ3v) is 3.94. The second kappa shape index (κ2) is 5.12. The lowest BCUT2D eigenvalue weighted by Crippen LogP contribution is -2.23. The SMILES string of the molecule is Clc1nnc(CN2CCCNc3ccccc32)s1. The number of nitrogens with zero attached hydrogens (tertiary/aromatic N) is 3. The topological polar surface area (TPSA) is 41.1 Å². The number of rotatable bonds is 2. The van der Waals surface area contributed by atoms with Crippen molar-refractivity contribution in [2.24, 2.45) is 0 Å². The molecule has 1 aliphatic rings. The molecule has 0 saturated carbocycles. The van der Waals surface area contributed by atoms with Crippen LogP contribution in [-0.2, 0) is 6.54 Å². The number of hydrogen-bond donors (Lipinski definition) is 1. The Labute approximate surface area is 115 Å². The Bertz CT molecular complexity index is 542. The number of halogens is 1. The molecule has 0 saturated heterocycles. The summed E-state index contributed by atoms with van der Waals surface area (Å²) in [7, 11) is 0. The van der Waals surface area contributed by atoms with Crippen LogP contribution >= 0.6 is 22.9 Å². The summed E-state index contributed by atoms with van der Waals surface area (Å²) in [5.74, 6) is 0. The molecule has 0 atom stereocenters. The lowest BCUT2D eigenvalue weighted by Gasteiger charge is -2.22. The van der Waals surface area contributed by atoms with Crippen molar-refractivity contribution >= 4 is 34.3 Å². The molecule has 0 radical (unpaired) electrons. The van der Waals surface area contributed by atoms with Crippen LogP contribution in [0.3, 0.4) is 0 Å². The van der Waals surface area contributed by atoms with Gasteiger partial charge in [0.25, 0.3) is 0 Å². The molecule has 1 N–H and O–H groups in total. The Morgan fingerprint density at radius 2 is 2.22 bits per heavy atom. The van der Waals surface area contributed by atoms with Gasteiger partial charge in [0.05, 0.1) is 17.9 Å². The number of fused-ring (bicyclic) bond motifs is 1. The summed E-state index contributed by atoms with van der Waals surface area (Å²) in [6.07, 6.45) is 1.11. The van der Waals surface area contributed by atoms with Crippen molar-refractivity contribution in [2.45, 2.75) is 13.0 Å². The normalized spacial score (nSPS) is 14.8. The first-order chi connectivity index (χ1) is 8.83. The van der Waals surface area contributed by atoms with Gasteiger partial charge in [-0.25, -0.2) is 0 Å². The summed E-state index contributed by atoms with van der Waals surface area (Å²) < 4.78 is 0.506. The van der Waals surface area contributed by atoms with Gasteiger partial charge in [0.2, 0.25) is 4.47 Å². The van der Waals surface area contributed by atoms with Gasteiger partial charge in [0.15, 0.2) is 0 Å². The van der Waals surface area contributed by atoms with Crippen molar-refractivity contribution in [1.29, 1.82) is 0 Å². The molecule has 1 aromatic heterocycles. The van der Waals surface area contributed by atoms with Crippen molar-refractivity contribution in [3.05, 3.63) is 33.7 Å². The molecule has 6 heteroatoms. The minimum Gasteiger partial charge on any atom is -0.383 e. The highest BCUT2D eigenvalue weighted by Gasteiger charge is 2.16. The van der Waals surface area contributed by atoms with Gasteiger partial charge in [0, 0.05) is 13.1 Å². The smallest absolute Gasteiger partial charge is 0.207 e. The average molecular weight is 281 g/mol. The third-order valence-electron chi connectivity index (χ3n) is 2.93. The van der Waals surface area contributed by atoms with Crippen molar-refractivity contribution < 1.29 is 0 Å². The number of benzene rings is 1. The fraction of sp³-hybridized carbons (Fsp3) is 0.333. The zero-order valence-corrected chi connectivity index (χ0v) is 11.3. The van der Waals surface area contributed by atoms with E-state index in [1.807, 2.05) is 0 Å². The minimum atomic E-state index is 0.506. The monoisotopic (exact) mass is 280 g/mol. The van der Waals surface area contributed by atoms with Crippen LogP contribution in [0.5, 0.6) is 0 Å². The number of aromatic nitrogens is 2. The molecule has 0 bridgehead atoms. The second-order valence-electron chi connectivity index (χ2n) is 4.17. The molecular formula is C12H13ClN4S. The molecule has 2 heterocycles. The highest BCUT2D eigenvalue weighted by atomic mass is 35.5. The van der Waals surface area contributed by atoms with Gasteiger partial charge in [-0.2, -0.15) is 0 Å². The number of nitrogens with one attached hydrogen (secondary N) is 1. The Balaban J connectivity index is 1.87. The Hall–Kier alpha value is -1.33. The second-order valence-corrected chi connectivity index (χ2v) is 5.81. The maximum absolute atomic E-state index is 5.82. The highest BCUT2D eigenvalue weighted by Crippen LogP contribution is 2.29. The Morgan fingerprint density at radius 1 is 1.33 bits per heavy atom. The van der Waals surface area contributed by atoms with Gasteiger partial charge in [-0.3, -0.25) is 0 Å². The van der Waals surface area contributed by atoms with E-state index in [1.54, 1.807) is 0 Å². The quantitative estimate of drug-likeness (QED) is 0.918. The van der Waals surface area contributed by atoms with E-state index in [0.717, 1.165) is 31.1 Å². The number of hydrogen-bond acceptors (Lipinski definition) is 5. The third kappa shape index (κ3) is 2.42. The largest absolute Gasteiger partial charge is 0.383 e. The Kier molecular flexibility index (Phi) is 3.34. The molecule has 3 rings (SSSR count). The van der Waals surface area contributed by atoms with Crippen molar-refractivity contribution in [1.82, 2.24) is 10.2 Å². The van der Waals surface area contributed by atoms with Gasteiger partial charge in [0.1, 0.15) is 5.01 Å². The first-order valence-electron chi connectivity index (χ1n) is 5.88. The summed E-state index contributed by atoms with van der Waals surface area (Å²) in [5, 5.41) is 12.3. The van der Waals surface area contributed by atoms with E-state index in [-0.39, 0.29) is 0 Å². The lowest BCUT2D eigenvalue weighted by atomic mass is 10.2. The fourth-order valence-electron chi connectivity index (χ4n) is 2.14. The fourth-order valence-corrected chi connectivity index (χ4v) is 3.02. The van der Waals surface area contributed by atoms with Crippen LogP contribution in [0.25, 0.3) is 0 Å². The number of para-hydroxylation sites is 2. The zero-order chi connectivity index (χ0) is 12.4. The van der Waals surface area contributed by atoms with Crippen LogP contribution in [0.2, 0.25) is 4.47 Å². The highest BCUT2D eigenvalue weighted by molar-refractivity contribution is 7.15. The van der Waals surface area contributed by atoms with Gasteiger partial charge in [-0.05, 0) is 30.2 Å². The van der Waals surface area contributed by atoms with Gasteiger partial charge in [-0.1, -0.05) is 23.5 Å². The molecular weight excluding hydrogens is 268 g/mol. The van der Waals surface area contributed by atoms with Gasteiger partial charge in [-0.15, -0.1) is 10.2 Å². The molecule has 18 heavy (non-hydrogen) atoms.